The highest BCUT2D eigenvalue weighted by Gasteiger charge is 2.16. The number of anilines is 1. The molecule has 0 saturated carbocycles. The van der Waals surface area contributed by atoms with E-state index in [0.29, 0.717) is 17.9 Å². The van der Waals surface area contributed by atoms with Crippen molar-refractivity contribution >= 4 is 21.6 Å². The monoisotopic (exact) mass is 394 g/mol. The van der Waals surface area contributed by atoms with Gasteiger partial charge in [0.1, 0.15) is 11.6 Å². The summed E-state index contributed by atoms with van der Waals surface area (Å²) in [4.78, 5) is 12.1. The molecule has 2 aromatic rings. The summed E-state index contributed by atoms with van der Waals surface area (Å²) >= 11 is 0. The lowest BCUT2D eigenvalue weighted by molar-refractivity contribution is -0.118. The Morgan fingerprint density at radius 3 is 2.48 bits per heavy atom. The molecule has 2 aromatic carbocycles. The maximum Gasteiger partial charge on any atom is 0.262 e. The van der Waals surface area contributed by atoms with E-state index in [-0.39, 0.29) is 17.5 Å². The summed E-state index contributed by atoms with van der Waals surface area (Å²) in [6.45, 7) is 5.14. The molecule has 0 aliphatic rings. The van der Waals surface area contributed by atoms with Gasteiger partial charge in [0.15, 0.2) is 6.61 Å². The van der Waals surface area contributed by atoms with E-state index in [0.717, 1.165) is 5.56 Å². The molecule has 0 heterocycles. The van der Waals surface area contributed by atoms with E-state index >= 15 is 0 Å². The van der Waals surface area contributed by atoms with Gasteiger partial charge >= 0.3 is 0 Å². The predicted octanol–water partition coefficient (Wildman–Crippen LogP) is 3.23. The van der Waals surface area contributed by atoms with Gasteiger partial charge < -0.3 is 10.1 Å². The van der Waals surface area contributed by atoms with Gasteiger partial charge in [-0.1, -0.05) is 13.0 Å². The van der Waals surface area contributed by atoms with Crippen LogP contribution in [0.1, 0.15) is 25.8 Å². The third kappa shape index (κ3) is 6.04. The number of benzene rings is 2. The number of carbonyl (C=O) groups excluding carboxylic acids is 1. The highest BCUT2D eigenvalue weighted by molar-refractivity contribution is 7.89. The fourth-order valence-corrected chi connectivity index (χ4v) is 3.52. The minimum atomic E-state index is -3.59. The van der Waals surface area contributed by atoms with Gasteiger partial charge in [-0.05, 0) is 62.2 Å². The summed E-state index contributed by atoms with van der Waals surface area (Å²) in [7, 11) is -3.59. The maximum atomic E-state index is 13.2. The SMILES string of the molecule is CC[C@H](C)NS(=O)(=O)c1ccc(OCC(=O)Nc2cc(F)ccc2C)cc1. The van der Waals surface area contributed by atoms with Gasteiger partial charge in [-0.3, -0.25) is 4.79 Å². The zero-order valence-corrected chi connectivity index (χ0v) is 16.3. The van der Waals surface area contributed by atoms with E-state index in [1.807, 2.05) is 6.92 Å². The van der Waals surface area contributed by atoms with E-state index < -0.39 is 21.7 Å². The van der Waals surface area contributed by atoms with Crippen molar-refractivity contribution in [2.45, 2.75) is 38.1 Å². The molecule has 0 aliphatic heterocycles. The minimum absolute atomic E-state index is 0.120. The fourth-order valence-electron chi connectivity index (χ4n) is 2.20. The molecule has 0 spiro atoms. The quantitative estimate of drug-likeness (QED) is 0.720. The molecule has 1 atom stereocenters. The third-order valence-electron chi connectivity index (χ3n) is 3.95. The van der Waals surface area contributed by atoms with E-state index in [4.69, 9.17) is 4.74 Å². The fraction of sp³-hybridized carbons (Fsp3) is 0.316. The summed E-state index contributed by atoms with van der Waals surface area (Å²) in [5.74, 6) is -0.540. The third-order valence-corrected chi connectivity index (χ3v) is 5.55. The van der Waals surface area contributed by atoms with Crippen molar-refractivity contribution in [1.82, 2.24) is 4.72 Å². The predicted molar refractivity (Wildman–Crippen MR) is 102 cm³/mol. The molecule has 146 valence electrons. The molecule has 1 amide bonds. The Kier molecular flexibility index (Phi) is 6.92. The van der Waals surface area contributed by atoms with Crippen LogP contribution in [0, 0.1) is 12.7 Å². The number of amides is 1. The Hall–Kier alpha value is -2.45. The van der Waals surface area contributed by atoms with E-state index in [9.17, 15) is 17.6 Å². The number of nitrogens with one attached hydrogen (secondary N) is 2. The lowest BCUT2D eigenvalue weighted by Crippen LogP contribution is -2.31. The Labute approximate surface area is 158 Å². The molecule has 0 saturated heterocycles. The highest BCUT2D eigenvalue weighted by Crippen LogP contribution is 2.18. The Balaban J connectivity index is 1.95. The van der Waals surface area contributed by atoms with Gasteiger partial charge in [-0.15, -0.1) is 0 Å². The van der Waals surface area contributed by atoms with E-state index in [1.165, 1.54) is 36.4 Å². The number of hydrogen-bond acceptors (Lipinski definition) is 4. The van der Waals surface area contributed by atoms with Crippen LogP contribution in [0.2, 0.25) is 0 Å². The summed E-state index contributed by atoms with van der Waals surface area (Å²) in [6.07, 6.45) is 0.681. The molecule has 0 fully saturated rings. The molecule has 2 N–H and O–H groups in total. The first-order chi connectivity index (χ1) is 12.7. The van der Waals surface area contributed by atoms with Crippen molar-refractivity contribution in [3.05, 3.63) is 53.8 Å². The average molecular weight is 394 g/mol. The van der Waals surface area contributed by atoms with Crippen LogP contribution in [0.4, 0.5) is 10.1 Å². The van der Waals surface area contributed by atoms with Gasteiger partial charge in [-0.25, -0.2) is 17.5 Å². The number of halogens is 1. The largest absolute Gasteiger partial charge is 0.484 e. The Morgan fingerprint density at radius 1 is 1.19 bits per heavy atom. The summed E-state index contributed by atoms with van der Waals surface area (Å²) in [5, 5.41) is 2.58. The molecule has 0 unspecified atom stereocenters. The molecule has 0 aliphatic carbocycles. The lowest BCUT2D eigenvalue weighted by Gasteiger charge is -2.13. The molecule has 2 rings (SSSR count). The number of rotatable bonds is 8. The number of aryl methyl sites for hydroxylation is 1. The van der Waals surface area contributed by atoms with Crippen LogP contribution in [-0.4, -0.2) is 27.0 Å². The molecular formula is C19H23FN2O4S. The van der Waals surface area contributed by atoms with E-state index in [2.05, 4.69) is 10.0 Å². The summed E-state index contributed by atoms with van der Waals surface area (Å²) < 4.78 is 45.6. The number of sulfonamides is 1. The van der Waals surface area contributed by atoms with Gasteiger partial charge in [0, 0.05) is 11.7 Å². The molecule has 27 heavy (non-hydrogen) atoms. The second-order valence-corrected chi connectivity index (χ2v) is 7.91. The standard InChI is InChI=1S/C19H23FN2O4S/c1-4-14(3)22-27(24,25)17-9-7-16(8-10-17)26-12-19(23)21-18-11-15(20)6-5-13(18)2/h5-11,14,22H,4,12H2,1-3H3,(H,21,23)/t14-/m0/s1. The van der Waals surface area contributed by atoms with Gasteiger partial charge in [0.25, 0.3) is 5.91 Å². The van der Waals surface area contributed by atoms with Gasteiger partial charge in [0.2, 0.25) is 10.0 Å². The van der Waals surface area contributed by atoms with Crippen LogP contribution in [0.15, 0.2) is 47.4 Å². The number of ether oxygens (including phenoxy) is 1. The van der Waals surface area contributed by atoms with Crippen LogP contribution in [-0.2, 0) is 14.8 Å². The molecule has 0 bridgehead atoms. The second kappa shape index (κ2) is 8.96. The first kappa shape index (κ1) is 20.9. The minimum Gasteiger partial charge on any atom is -0.484 e. The van der Waals surface area contributed by atoms with Crippen LogP contribution >= 0.6 is 0 Å². The van der Waals surface area contributed by atoms with Crippen molar-refractivity contribution in [2.75, 3.05) is 11.9 Å². The van der Waals surface area contributed by atoms with Gasteiger partial charge in [-0.2, -0.15) is 0 Å². The average Bonchev–Trinajstić information content (AvgIpc) is 2.63. The van der Waals surface area contributed by atoms with Crippen LogP contribution in [0.25, 0.3) is 0 Å². The van der Waals surface area contributed by atoms with Crippen molar-refractivity contribution in [3.63, 3.8) is 0 Å². The highest BCUT2D eigenvalue weighted by atomic mass is 32.2. The zero-order valence-electron chi connectivity index (χ0n) is 15.5. The number of hydrogen-bond donors (Lipinski definition) is 2. The van der Waals surface area contributed by atoms with Gasteiger partial charge in [0.05, 0.1) is 4.90 Å². The summed E-state index contributed by atoms with van der Waals surface area (Å²) in [6, 6.07) is 9.73. The Morgan fingerprint density at radius 2 is 1.85 bits per heavy atom. The molecule has 0 radical (unpaired) electrons. The van der Waals surface area contributed by atoms with Crippen molar-refractivity contribution in [2.24, 2.45) is 0 Å². The molecule has 0 aromatic heterocycles. The molecule has 8 heteroatoms. The number of carbonyl (C=O) groups is 1. The topological polar surface area (TPSA) is 84.5 Å². The van der Waals surface area contributed by atoms with Crippen LogP contribution < -0.4 is 14.8 Å². The van der Waals surface area contributed by atoms with Crippen molar-refractivity contribution in [3.8, 4) is 5.75 Å². The molecular weight excluding hydrogens is 371 g/mol. The molecule has 6 nitrogen and oxygen atoms in total. The maximum absolute atomic E-state index is 13.2. The normalized spacial score (nSPS) is 12.4. The first-order valence-electron chi connectivity index (χ1n) is 8.52. The van der Waals surface area contributed by atoms with Crippen LogP contribution in [0.5, 0.6) is 5.75 Å². The van der Waals surface area contributed by atoms with Crippen molar-refractivity contribution < 1.29 is 22.3 Å². The lowest BCUT2D eigenvalue weighted by atomic mass is 10.2. The Bertz CT molecular complexity index is 898. The van der Waals surface area contributed by atoms with Crippen LogP contribution in [0.3, 0.4) is 0 Å². The summed E-state index contributed by atoms with van der Waals surface area (Å²) in [5.41, 5.74) is 1.11. The smallest absolute Gasteiger partial charge is 0.262 e. The van der Waals surface area contributed by atoms with E-state index in [1.54, 1.807) is 19.9 Å². The zero-order chi connectivity index (χ0) is 20.0. The second-order valence-electron chi connectivity index (χ2n) is 6.20. The van der Waals surface area contributed by atoms with Crippen molar-refractivity contribution in [1.29, 1.82) is 0 Å². The first-order valence-corrected chi connectivity index (χ1v) is 10.0.